The van der Waals surface area contributed by atoms with E-state index in [9.17, 15) is 18.0 Å². The Labute approximate surface area is 200 Å². The number of rotatable bonds is 6. The number of aryl methyl sites for hydroxylation is 2. The molecule has 0 bridgehead atoms. The third kappa shape index (κ3) is 6.13. The lowest BCUT2D eigenvalue weighted by Crippen LogP contribution is -2.53. The fourth-order valence-corrected chi connectivity index (χ4v) is 4.20. The summed E-state index contributed by atoms with van der Waals surface area (Å²) in [6.45, 7) is 6.41. The van der Waals surface area contributed by atoms with E-state index in [1.807, 2.05) is 26.4 Å². The van der Waals surface area contributed by atoms with E-state index in [0.717, 1.165) is 37.3 Å². The molecule has 9 nitrogen and oxygen atoms in total. The molecule has 2 aromatic heterocycles. The molecule has 4 rings (SSSR count). The topological polar surface area (TPSA) is 85.0 Å². The van der Waals surface area contributed by atoms with Gasteiger partial charge in [-0.1, -0.05) is 6.07 Å². The van der Waals surface area contributed by atoms with Crippen LogP contribution >= 0.6 is 0 Å². The summed E-state index contributed by atoms with van der Waals surface area (Å²) in [5.74, 6) is 0.236. The minimum Gasteiger partial charge on any atom is -0.334 e. The molecular weight excluding hydrogens is 461 g/mol. The third-order valence-electron chi connectivity index (χ3n) is 5.90. The molecule has 0 spiro atoms. The second-order valence-electron chi connectivity index (χ2n) is 8.75. The number of carbonyl (C=O) groups is 1. The summed E-state index contributed by atoms with van der Waals surface area (Å²) in [5.41, 5.74) is 1.18. The molecule has 1 amide bonds. The summed E-state index contributed by atoms with van der Waals surface area (Å²) in [7, 11) is 1.88. The third-order valence-corrected chi connectivity index (χ3v) is 5.90. The molecule has 1 aliphatic heterocycles. The lowest BCUT2D eigenvalue weighted by Gasteiger charge is -2.39. The van der Waals surface area contributed by atoms with E-state index < -0.39 is 11.7 Å². The number of piperazine rings is 1. The van der Waals surface area contributed by atoms with Gasteiger partial charge in [0.05, 0.1) is 18.3 Å². The number of nitrogens with zero attached hydrogens (tertiary/aromatic N) is 8. The van der Waals surface area contributed by atoms with Crippen LogP contribution in [0, 0.1) is 6.92 Å². The summed E-state index contributed by atoms with van der Waals surface area (Å²) in [5, 5.41) is 15.9. The van der Waals surface area contributed by atoms with Gasteiger partial charge in [0.1, 0.15) is 0 Å². The Morgan fingerprint density at radius 1 is 1.23 bits per heavy atom. The molecule has 1 fully saturated rings. The number of hydrogen-bond acceptors (Lipinski definition) is 6. The summed E-state index contributed by atoms with van der Waals surface area (Å²) in [6.07, 6.45) is 2.30. The van der Waals surface area contributed by atoms with E-state index in [-0.39, 0.29) is 18.5 Å². The average molecular weight is 489 g/mol. The molecule has 1 aliphatic rings. The number of tetrazole rings is 1. The van der Waals surface area contributed by atoms with Crippen molar-refractivity contribution < 1.29 is 18.0 Å². The Kier molecular flexibility index (Phi) is 7.01. The molecule has 0 unspecified atom stereocenters. The van der Waals surface area contributed by atoms with Gasteiger partial charge in [0, 0.05) is 57.1 Å². The van der Waals surface area contributed by atoms with Gasteiger partial charge in [-0.25, -0.2) is 0 Å². The molecule has 12 heteroatoms. The lowest BCUT2D eigenvalue weighted by molar-refractivity contribution is -0.137. The van der Waals surface area contributed by atoms with Crippen molar-refractivity contribution >= 4 is 12.0 Å². The summed E-state index contributed by atoms with van der Waals surface area (Å²) in [4.78, 5) is 18.2. The van der Waals surface area contributed by atoms with Crippen LogP contribution in [0.25, 0.3) is 6.08 Å². The maximum absolute atomic E-state index is 13.3. The van der Waals surface area contributed by atoms with Gasteiger partial charge in [-0.2, -0.15) is 23.1 Å². The predicted molar refractivity (Wildman–Crippen MR) is 122 cm³/mol. The molecule has 0 N–H and O–H groups in total. The van der Waals surface area contributed by atoms with Gasteiger partial charge in [-0.3, -0.25) is 14.4 Å². The van der Waals surface area contributed by atoms with Crippen LogP contribution in [0.15, 0.2) is 36.7 Å². The summed E-state index contributed by atoms with van der Waals surface area (Å²) in [6, 6.07) is 3.42. The van der Waals surface area contributed by atoms with E-state index in [2.05, 4.69) is 25.4 Å². The standard InChI is InChI=1S/C23H27F3N8O/c1-16-12-32(14-18-11-27-31(3)13-18)8-9-33(16)22(35)7-5-19-4-6-21(23(24,25)26)10-20(19)15-34-29-17(2)28-30-34/h4-7,10-11,13,16H,8-9,12,14-15H2,1-3H3/b7-5+/t16-/m1/s1. The second kappa shape index (κ2) is 9.98. The Bertz CT molecular complexity index is 1220. The van der Waals surface area contributed by atoms with Crippen molar-refractivity contribution in [1.82, 2.24) is 39.8 Å². The highest BCUT2D eigenvalue weighted by molar-refractivity contribution is 5.92. The number of hydrogen-bond donors (Lipinski definition) is 0. The first kappa shape index (κ1) is 24.6. The number of carbonyl (C=O) groups excluding carboxylic acids is 1. The molecular formula is C23H27F3N8O. The van der Waals surface area contributed by atoms with Crippen LogP contribution < -0.4 is 0 Å². The Morgan fingerprint density at radius 2 is 2.03 bits per heavy atom. The zero-order valence-electron chi connectivity index (χ0n) is 19.8. The number of halogens is 3. The maximum atomic E-state index is 13.3. The summed E-state index contributed by atoms with van der Waals surface area (Å²) < 4.78 is 41.6. The van der Waals surface area contributed by atoms with Crippen molar-refractivity contribution in [2.24, 2.45) is 7.05 Å². The van der Waals surface area contributed by atoms with Crippen LogP contribution in [0.3, 0.4) is 0 Å². The monoisotopic (exact) mass is 488 g/mol. The predicted octanol–water partition coefficient (Wildman–Crippen LogP) is 2.53. The Morgan fingerprint density at radius 3 is 2.66 bits per heavy atom. The highest BCUT2D eigenvalue weighted by atomic mass is 19.4. The highest BCUT2D eigenvalue weighted by Gasteiger charge is 2.31. The first-order chi connectivity index (χ1) is 16.6. The van der Waals surface area contributed by atoms with E-state index >= 15 is 0 Å². The van der Waals surface area contributed by atoms with Gasteiger partial charge in [-0.05, 0) is 48.4 Å². The largest absolute Gasteiger partial charge is 0.416 e. The average Bonchev–Trinajstić information content (AvgIpc) is 3.39. The Balaban J connectivity index is 1.46. The van der Waals surface area contributed by atoms with Gasteiger partial charge in [0.15, 0.2) is 5.82 Å². The minimum absolute atomic E-state index is 0.00203. The minimum atomic E-state index is -4.48. The van der Waals surface area contributed by atoms with Crippen LogP contribution in [0.1, 0.15) is 35.0 Å². The van der Waals surface area contributed by atoms with Crippen molar-refractivity contribution in [1.29, 1.82) is 0 Å². The number of benzene rings is 1. The zero-order chi connectivity index (χ0) is 25.2. The van der Waals surface area contributed by atoms with E-state index in [1.54, 1.807) is 22.6 Å². The first-order valence-electron chi connectivity index (χ1n) is 11.2. The van der Waals surface area contributed by atoms with Gasteiger partial charge in [0.25, 0.3) is 0 Å². The van der Waals surface area contributed by atoms with E-state index in [0.29, 0.717) is 23.5 Å². The normalized spacial score (nSPS) is 17.4. The molecule has 1 atom stereocenters. The fraction of sp³-hybridized carbons (Fsp3) is 0.435. The second-order valence-corrected chi connectivity index (χ2v) is 8.75. The first-order valence-corrected chi connectivity index (χ1v) is 11.2. The lowest BCUT2D eigenvalue weighted by atomic mass is 10.0. The van der Waals surface area contributed by atoms with Crippen molar-refractivity contribution in [3.05, 3.63) is 64.7 Å². The molecule has 186 valence electrons. The van der Waals surface area contributed by atoms with E-state index in [4.69, 9.17) is 0 Å². The SMILES string of the molecule is Cc1nnn(Cc2cc(C(F)(F)F)ccc2/C=C/C(=O)N2CCN(Cc3cnn(C)c3)C[C@H]2C)n1. The van der Waals surface area contributed by atoms with Crippen LogP contribution in [-0.2, 0) is 31.1 Å². The van der Waals surface area contributed by atoms with Gasteiger partial charge >= 0.3 is 6.18 Å². The summed E-state index contributed by atoms with van der Waals surface area (Å²) >= 11 is 0. The van der Waals surface area contributed by atoms with Crippen LogP contribution in [-0.4, -0.2) is 71.4 Å². The van der Waals surface area contributed by atoms with Crippen molar-refractivity contribution in [3.8, 4) is 0 Å². The smallest absolute Gasteiger partial charge is 0.334 e. The molecule has 0 saturated carbocycles. The van der Waals surface area contributed by atoms with E-state index in [1.165, 1.54) is 16.9 Å². The number of alkyl halides is 3. The molecule has 3 heterocycles. The van der Waals surface area contributed by atoms with Crippen molar-refractivity contribution in [2.75, 3.05) is 19.6 Å². The van der Waals surface area contributed by atoms with Crippen LogP contribution in [0.4, 0.5) is 13.2 Å². The fourth-order valence-electron chi connectivity index (χ4n) is 4.20. The molecule has 0 radical (unpaired) electrons. The highest BCUT2D eigenvalue weighted by Crippen LogP contribution is 2.31. The van der Waals surface area contributed by atoms with Crippen LogP contribution in [0.5, 0.6) is 0 Å². The van der Waals surface area contributed by atoms with Crippen molar-refractivity contribution in [2.45, 2.75) is 39.2 Å². The quantitative estimate of drug-likeness (QED) is 0.496. The Hall–Kier alpha value is -3.54. The maximum Gasteiger partial charge on any atom is 0.416 e. The van der Waals surface area contributed by atoms with Gasteiger partial charge in [0.2, 0.25) is 5.91 Å². The number of aromatic nitrogens is 6. The molecule has 1 aromatic carbocycles. The molecule has 0 aliphatic carbocycles. The van der Waals surface area contributed by atoms with Crippen LogP contribution in [0.2, 0.25) is 0 Å². The molecule has 1 saturated heterocycles. The van der Waals surface area contributed by atoms with Crippen molar-refractivity contribution in [3.63, 3.8) is 0 Å². The molecule has 35 heavy (non-hydrogen) atoms. The number of amides is 1. The van der Waals surface area contributed by atoms with Gasteiger partial charge < -0.3 is 4.90 Å². The zero-order valence-corrected chi connectivity index (χ0v) is 19.8. The molecule has 3 aromatic rings. The van der Waals surface area contributed by atoms with Gasteiger partial charge in [-0.15, -0.1) is 10.2 Å².